The number of carbonyl (C=O) groups is 1. The molecule has 0 heterocycles. The summed E-state index contributed by atoms with van der Waals surface area (Å²) in [4.78, 5) is 11.9. The van der Waals surface area contributed by atoms with Crippen LogP contribution in [-0.4, -0.2) is 12.5 Å². The maximum atomic E-state index is 13.2. The number of rotatable bonds is 5. The van der Waals surface area contributed by atoms with Gasteiger partial charge in [0.05, 0.1) is 6.04 Å². The summed E-state index contributed by atoms with van der Waals surface area (Å²) in [5, 5.41) is 2.69. The van der Waals surface area contributed by atoms with Crippen LogP contribution in [0.5, 0.6) is 5.75 Å². The molecule has 23 heavy (non-hydrogen) atoms. The third-order valence-electron chi connectivity index (χ3n) is 3.52. The van der Waals surface area contributed by atoms with Gasteiger partial charge in [-0.25, -0.2) is 8.78 Å². The summed E-state index contributed by atoms with van der Waals surface area (Å²) in [5.41, 5.74) is 2.47. The Morgan fingerprint density at radius 2 is 1.87 bits per heavy atom. The van der Waals surface area contributed by atoms with Gasteiger partial charge in [0.15, 0.2) is 18.2 Å². The molecule has 5 heteroatoms. The zero-order valence-corrected chi connectivity index (χ0v) is 13.3. The number of ether oxygens (including phenoxy) is 1. The number of carbonyl (C=O) groups excluding carboxylic acids is 1. The summed E-state index contributed by atoms with van der Waals surface area (Å²) in [6, 6.07) is 8.86. The molecule has 3 nitrogen and oxygen atoms in total. The highest BCUT2D eigenvalue weighted by molar-refractivity contribution is 5.78. The average Bonchev–Trinajstić information content (AvgIpc) is 2.50. The minimum atomic E-state index is -0.935. The van der Waals surface area contributed by atoms with Crippen LogP contribution in [0.15, 0.2) is 36.4 Å². The molecular weight excluding hydrogens is 300 g/mol. The van der Waals surface area contributed by atoms with Crippen LogP contribution in [0.3, 0.4) is 0 Å². The van der Waals surface area contributed by atoms with Crippen LogP contribution in [0.4, 0.5) is 8.78 Å². The van der Waals surface area contributed by atoms with Gasteiger partial charge in [0.1, 0.15) is 5.75 Å². The second-order valence-corrected chi connectivity index (χ2v) is 5.52. The van der Waals surface area contributed by atoms with Gasteiger partial charge in [0, 0.05) is 0 Å². The number of nitrogens with one attached hydrogen (secondary N) is 1. The van der Waals surface area contributed by atoms with E-state index in [0.29, 0.717) is 11.3 Å². The largest absolute Gasteiger partial charge is 0.483 e. The lowest BCUT2D eigenvalue weighted by molar-refractivity contribution is -0.123. The fourth-order valence-corrected chi connectivity index (χ4v) is 2.15. The smallest absolute Gasteiger partial charge is 0.258 e. The maximum Gasteiger partial charge on any atom is 0.258 e. The number of amides is 1. The van der Waals surface area contributed by atoms with Gasteiger partial charge in [-0.1, -0.05) is 18.2 Å². The molecule has 1 amide bonds. The van der Waals surface area contributed by atoms with Crippen LogP contribution < -0.4 is 10.1 Å². The van der Waals surface area contributed by atoms with Crippen molar-refractivity contribution in [3.63, 3.8) is 0 Å². The molecule has 0 bridgehead atoms. The zero-order valence-electron chi connectivity index (χ0n) is 13.3. The molecule has 0 spiro atoms. The lowest BCUT2D eigenvalue weighted by Crippen LogP contribution is -2.31. The van der Waals surface area contributed by atoms with E-state index in [2.05, 4.69) is 5.32 Å². The molecule has 2 aromatic carbocycles. The number of hydrogen-bond acceptors (Lipinski definition) is 2. The molecule has 0 saturated carbocycles. The topological polar surface area (TPSA) is 38.3 Å². The van der Waals surface area contributed by atoms with Crippen molar-refractivity contribution in [3.05, 3.63) is 64.7 Å². The standard InChI is InChI=1S/C18H19F2NO2/c1-11-4-5-12(2)17(8-11)23-10-18(22)21-13(3)14-6-7-15(19)16(20)9-14/h4-9,13H,10H2,1-3H3,(H,21,22). The maximum absolute atomic E-state index is 13.2. The second-order valence-electron chi connectivity index (χ2n) is 5.52. The molecule has 0 aliphatic carbocycles. The van der Waals surface area contributed by atoms with E-state index in [1.54, 1.807) is 6.92 Å². The Balaban J connectivity index is 1.93. The van der Waals surface area contributed by atoms with Crippen LogP contribution in [0, 0.1) is 25.5 Å². The van der Waals surface area contributed by atoms with Gasteiger partial charge in [0.2, 0.25) is 0 Å². The Labute approximate surface area is 134 Å². The van der Waals surface area contributed by atoms with E-state index in [9.17, 15) is 13.6 Å². The third-order valence-corrected chi connectivity index (χ3v) is 3.52. The SMILES string of the molecule is Cc1ccc(C)c(OCC(=O)NC(C)c2ccc(F)c(F)c2)c1. The Hall–Kier alpha value is -2.43. The third kappa shape index (κ3) is 4.52. The first kappa shape index (κ1) is 16.9. The molecule has 0 radical (unpaired) electrons. The van der Waals surface area contributed by atoms with E-state index >= 15 is 0 Å². The zero-order chi connectivity index (χ0) is 17.0. The van der Waals surface area contributed by atoms with Crippen molar-refractivity contribution in [2.24, 2.45) is 0 Å². The molecule has 122 valence electrons. The van der Waals surface area contributed by atoms with E-state index in [1.807, 2.05) is 32.0 Å². The highest BCUT2D eigenvalue weighted by Gasteiger charge is 2.13. The Bertz CT molecular complexity index is 716. The molecule has 1 unspecified atom stereocenters. The number of halogens is 2. The quantitative estimate of drug-likeness (QED) is 0.909. The van der Waals surface area contributed by atoms with Gasteiger partial charge < -0.3 is 10.1 Å². The van der Waals surface area contributed by atoms with Crippen LogP contribution in [0.1, 0.15) is 29.7 Å². The highest BCUT2D eigenvalue weighted by atomic mass is 19.2. The average molecular weight is 319 g/mol. The van der Waals surface area contributed by atoms with Crippen LogP contribution in [0.2, 0.25) is 0 Å². The Kier molecular flexibility index (Phi) is 5.32. The molecular formula is C18H19F2NO2. The minimum Gasteiger partial charge on any atom is -0.483 e. The molecule has 0 aromatic heterocycles. The summed E-state index contributed by atoms with van der Waals surface area (Å²) in [5.74, 6) is -1.52. The second kappa shape index (κ2) is 7.22. The summed E-state index contributed by atoms with van der Waals surface area (Å²) in [6.07, 6.45) is 0. The van der Waals surface area contributed by atoms with Gasteiger partial charge in [-0.2, -0.15) is 0 Å². The van der Waals surface area contributed by atoms with Gasteiger partial charge in [0.25, 0.3) is 5.91 Å². The molecule has 0 aliphatic rings. The molecule has 0 saturated heterocycles. The van der Waals surface area contributed by atoms with Crippen molar-refractivity contribution in [1.29, 1.82) is 0 Å². The molecule has 0 fully saturated rings. The fourth-order valence-electron chi connectivity index (χ4n) is 2.15. The van der Waals surface area contributed by atoms with Crippen LogP contribution in [-0.2, 0) is 4.79 Å². The molecule has 2 aromatic rings. The molecule has 0 aliphatic heterocycles. The van der Waals surface area contributed by atoms with E-state index in [1.165, 1.54) is 6.07 Å². The van der Waals surface area contributed by atoms with Crippen molar-refractivity contribution < 1.29 is 18.3 Å². The van der Waals surface area contributed by atoms with E-state index in [4.69, 9.17) is 4.74 Å². The van der Waals surface area contributed by atoms with Crippen molar-refractivity contribution in [3.8, 4) is 5.75 Å². The van der Waals surface area contributed by atoms with Crippen molar-refractivity contribution >= 4 is 5.91 Å². The number of hydrogen-bond donors (Lipinski definition) is 1. The van der Waals surface area contributed by atoms with Gasteiger partial charge in [-0.05, 0) is 55.7 Å². The van der Waals surface area contributed by atoms with Crippen molar-refractivity contribution in [2.75, 3.05) is 6.61 Å². The monoisotopic (exact) mass is 319 g/mol. The first-order chi connectivity index (χ1) is 10.9. The number of aryl methyl sites for hydroxylation is 2. The summed E-state index contributed by atoms with van der Waals surface area (Å²) in [7, 11) is 0. The van der Waals surface area contributed by atoms with E-state index in [0.717, 1.165) is 23.3 Å². The fraction of sp³-hybridized carbons (Fsp3) is 0.278. The Morgan fingerprint density at radius 3 is 2.57 bits per heavy atom. The molecule has 2 rings (SSSR count). The summed E-state index contributed by atoms with van der Waals surface area (Å²) < 4.78 is 31.7. The first-order valence-electron chi connectivity index (χ1n) is 7.31. The summed E-state index contributed by atoms with van der Waals surface area (Å²) in [6.45, 7) is 5.40. The Morgan fingerprint density at radius 1 is 1.13 bits per heavy atom. The van der Waals surface area contributed by atoms with Gasteiger partial charge in [-0.15, -0.1) is 0 Å². The van der Waals surface area contributed by atoms with E-state index in [-0.39, 0.29) is 12.5 Å². The first-order valence-corrected chi connectivity index (χ1v) is 7.31. The van der Waals surface area contributed by atoms with E-state index < -0.39 is 17.7 Å². The lowest BCUT2D eigenvalue weighted by Gasteiger charge is -2.15. The normalized spacial score (nSPS) is 11.9. The lowest BCUT2D eigenvalue weighted by atomic mass is 10.1. The van der Waals surface area contributed by atoms with Crippen LogP contribution >= 0.6 is 0 Å². The predicted octanol–water partition coefficient (Wildman–Crippen LogP) is 3.84. The summed E-state index contributed by atoms with van der Waals surface area (Å²) >= 11 is 0. The molecule has 1 N–H and O–H groups in total. The van der Waals surface area contributed by atoms with Crippen molar-refractivity contribution in [2.45, 2.75) is 26.8 Å². The van der Waals surface area contributed by atoms with Gasteiger partial charge in [-0.3, -0.25) is 4.79 Å². The minimum absolute atomic E-state index is 0.141. The van der Waals surface area contributed by atoms with Crippen LogP contribution in [0.25, 0.3) is 0 Å². The van der Waals surface area contributed by atoms with Crippen molar-refractivity contribution in [1.82, 2.24) is 5.32 Å². The van der Waals surface area contributed by atoms with Gasteiger partial charge >= 0.3 is 0 Å². The predicted molar refractivity (Wildman–Crippen MR) is 84.3 cm³/mol. The molecule has 1 atom stereocenters. The number of benzene rings is 2. The highest BCUT2D eigenvalue weighted by Crippen LogP contribution is 2.19.